The third kappa shape index (κ3) is 5.24. The Balaban J connectivity index is 1.11. The van der Waals surface area contributed by atoms with Crippen LogP contribution < -0.4 is 10.6 Å². The van der Waals surface area contributed by atoms with E-state index in [4.69, 9.17) is 9.84 Å². The van der Waals surface area contributed by atoms with Gasteiger partial charge in [0.2, 0.25) is 5.91 Å². The molecule has 0 heterocycles. The van der Waals surface area contributed by atoms with Crippen molar-refractivity contribution in [2.75, 3.05) is 13.2 Å². The van der Waals surface area contributed by atoms with Crippen molar-refractivity contribution in [2.24, 2.45) is 17.8 Å². The van der Waals surface area contributed by atoms with Crippen molar-refractivity contribution < 1.29 is 24.2 Å². The number of carbonyl (C=O) groups excluding carboxylic acids is 2. The average Bonchev–Trinajstić information content (AvgIpc) is 3.51. The second-order valence-electron chi connectivity index (χ2n) is 9.75. The number of carboxylic acids is 1. The molecule has 1 saturated carbocycles. The van der Waals surface area contributed by atoms with E-state index < -0.39 is 18.0 Å². The van der Waals surface area contributed by atoms with Gasteiger partial charge < -0.3 is 20.5 Å². The smallest absolute Gasteiger partial charge is 0.407 e. The van der Waals surface area contributed by atoms with E-state index in [9.17, 15) is 14.4 Å². The molecule has 0 spiro atoms. The van der Waals surface area contributed by atoms with Gasteiger partial charge in [-0.15, -0.1) is 0 Å². The number of fused-ring (bicyclic) bond motifs is 3. The van der Waals surface area contributed by atoms with Gasteiger partial charge in [-0.3, -0.25) is 9.59 Å². The summed E-state index contributed by atoms with van der Waals surface area (Å²) in [7, 11) is 0. The van der Waals surface area contributed by atoms with Crippen LogP contribution in [0.5, 0.6) is 0 Å². The number of ether oxygens (including phenoxy) is 1. The fourth-order valence-electron chi connectivity index (χ4n) is 5.33. The van der Waals surface area contributed by atoms with E-state index >= 15 is 0 Å². The van der Waals surface area contributed by atoms with Crippen LogP contribution in [0.3, 0.4) is 0 Å². The molecule has 182 valence electrons. The van der Waals surface area contributed by atoms with E-state index in [0.717, 1.165) is 12.8 Å². The van der Waals surface area contributed by atoms with E-state index in [1.807, 2.05) is 24.3 Å². The minimum absolute atomic E-state index is 0.00671. The lowest BCUT2D eigenvalue weighted by atomic mass is 9.98. The number of carboxylic acid groups (broad SMARTS) is 1. The van der Waals surface area contributed by atoms with Gasteiger partial charge in [-0.25, -0.2) is 4.79 Å². The summed E-state index contributed by atoms with van der Waals surface area (Å²) in [5.74, 6) is -1.07. The molecule has 0 bridgehead atoms. The predicted octanol–water partition coefficient (Wildman–Crippen LogP) is 4.09. The largest absolute Gasteiger partial charge is 0.481 e. The highest BCUT2D eigenvalue weighted by Crippen LogP contribution is 2.44. The van der Waals surface area contributed by atoms with Crippen LogP contribution in [-0.4, -0.2) is 42.3 Å². The molecule has 0 saturated heterocycles. The molecular weight excluding hydrogens is 444 g/mol. The highest BCUT2D eigenvalue weighted by Gasteiger charge is 2.34. The van der Waals surface area contributed by atoms with Gasteiger partial charge in [0.25, 0.3) is 0 Å². The zero-order valence-electron chi connectivity index (χ0n) is 19.5. The fourth-order valence-corrected chi connectivity index (χ4v) is 5.33. The van der Waals surface area contributed by atoms with Crippen LogP contribution in [0.4, 0.5) is 4.79 Å². The quantitative estimate of drug-likeness (QED) is 0.475. The Morgan fingerprint density at radius 2 is 1.63 bits per heavy atom. The van der Waals surface area contributed by atoms with Crippen LogP contribution in [0.1, 0.15) is 42.7 Å². The Morgan fingerprint density at radius 1 is 0.971 bits per heavy atom. The first kappa shape index (κ1) is 23.1. The highest BCUT2D eigenvalue weighted by molar-refractivity contribution is 5.79. The Kier molecular flexibility index (Phi) is 6.57. The van der Waals surface area contributed by atoms with Gasteiger partial charge in [0, 0.05) is 24.9 Å². The van der Waals surface area contributed by atoms with Crippen LogP contribution in [0.2, 0.25) is 0 Å². The molecule has 3 aliphatic carbocycles. The summed E-state index contributed by atoms with van der Waals surface area (Å²) in [6.07, 6.45) is 5.69. The number of hydrogen-bond acceptors (Lipinski definition) is 4. The predicted molar refractivity (Wildman–Crippen MR) is 131 cm³/mol. The number of alkyl carbamates (subject to hydrolysis) is 1. The average molecular weight is 475 g/mol. The molecule has 0 aromatic heterocycles. The van der Waals surface area contributed by atoms with E-state index in [1.165, 1.54) is 22.3 Å². The van der Waals surface area contributed by atoms with Crippen LogP contribution in [-0.2, 0) is 14.3 Å². The van der Waals surface area contributed by atoms with Crippen LogP contribution in [0, 0.1) is 17.8 Å². The lowest BCUT2D eigenvalue weighted by Gasteiger charge is -2.19. The second-order valence-corrected chi connectivity index (χ2v) is 9.75. The van der Waals surface area contributed by atoms with Crippen molar-refractivity contribution >= 4 is 18.0 Å². The number of carbonyl (C=O) groups is 3. The molecule has 7 heteroatoms. The fraction of sp³-hybridized carbons (Fsp3) is 0.393. The zero-order valence-corrected chi connectivity index (χ0v) is 19.5. The lowest BCUT2D eigenvalue weighted by molar-refractivity contribution is -0.140. The molecular formula is C28H30N2O5. The third-order valence-corrected chi connectivity index (χ3v) is 7.34. The first-order chi connectivity index (χ1) is 17.0. The summed E-state index contributed by atoms with van der Waals surface area (Å²) < 4.78 is 5.62. The van der Waals surface area contributed by atoms with Crippen LogP contribution in [0.25, 0.3) is 11.1 Å². The van der Waals surface area contributed by atoms with Gasteiger partial charge in [-0.05, 0) is 53.4 Å². The maximum Gasteiger partial charge on any atom is 0.407 e. The molecule has 3 unspecified atom stereocenters. The van der Waals surface area contributed by atoms with Crippen molar-refractivity contribution in [2.45, 2.75) is 37.6 Å². The molecule has 3 N–H and O–H groups in total. The highest BCUT2D eigenvalue weighted by atomic mass is 16.5. The molecule has 1 fully saturated rings. The molecule has 35 heavy (non-hydrogen) atoms. The first-order valence-electron chi connectivity index (χ1n) is 12.3. The monoisotopic (exact) mass is 474 g/mol. The van der Waals surface area contributed by atoms with Crippen molar-refractivity contribution in [1.29, 1.82) is 0 Å². The van der Waals surface area contributed by atoms with Gasteiger partial charge in [-0.1, -0.05) is 60.7 Å². The third-order valence-electron chi connectivity index (χ3n) is 7.34. The molecule has 3 atom stereocenters. The summed E-state index contributed by atoms with van der Waals surface area (Å²) in [6, 6.07) is 16.2. The number of hydrogen-bond donors (Lipinski definition) is 3. The topological polar surface area (TPSA) is 105 Å². The molecule has 0 radical (unpaired) electrons. The number of aliphatic carboxylic acids is 1. The van der Waals surface area contributed by atoms with E-state index in [-0.39, 0.29) is 30.4 Å². The van der Waals surface area contributed by atoms with Gasteiger partial charge in [0.15, 0.2) is 0 Å². The number of amides is 2. The van der Waals surface area contributed by atoms with Gasteiger partial charge in [0.05, 0.1) is 5.92 Å². The maximum absolute atomic E-state index is 12.6. The summed E-state index contributed by atoms with van der Waals surface area (Å²) in [5.41, 5.74) is 4.70. The summed E-state index contributed by atoms with van der Waals surface area (Å²) in [4.78, 5) is 36.2. The summed E-state index contributed by atoms with van der Waals surface area (Å²) >= 11 is 0. The van der Waals surface area contributed by atoms with Crippen molar-refractivity contribution in [1.82, 2.24) is 10.6 Å². The summed E-state index contributed by atoms with van der Waals surface area (Å²) in [6.45, 7) is 0.639. The van der Waals surface area contributed by atoms with E-state index in [2.05, 4.69) is 34.9 Å². The number of rotatable bonds is 9. The van der Waals surface area contributed by atoms with E-state index in [0.29, 0.717) is 25.3 Å². The van der Waals surface area contributed by atoms with E-state index in [1.54, 1.807) is 12.2 Å². The second kappa shape index (κ2) is 9.94. The molecule has 2 aromatic carbocycles. The molecule has 2 amide bonds. The SMILES string of the molecule is O=C(CC(CNC(=O)OCC1c2ccccc2-c2ccccc21)C1CC1)NC1C=CC(C(=O)O)C1. The van der Waals surface area contributed by atoms with Crippen molar-refractivity contribution in [3.63, 3.8) is 0 Å². The Bertz CT molecular complexity index is 1110. The van der Waals surface area contributed by atoms with Gasteiger partial charge >= 0.3 is 12.1 Å². The first-order valence-corrected chi connectivity index (χ1v) is 12.3. The van der Waals surface area contributed by atoms with Crippen molar-refractivity contribution in [3.8, 4) is 11.1 Å². The summed E-state index contributed by atoms with van der Waals surface area (Å²) in [5, 5.41) is 14.9. The molecule has 2 aromatic rings. The van der Waals surface area contributed by atoms with Crippen LogP contribution in [0.15, 0.2) is 60.7 Å². The molecule has 7 nitrogen and oxygen atoms in total. The number of benzene rings is 2. The molecule has 5 rings (SSSR count). The normalized spacial score (nSPS) is 21.1. The number of nitrogens with one attached hydrogen (secondary N) is 2. The van der Waals surface area contributed by atoms with Crippen LogP contribution >= 0.6 is 0 Å². The molecule has 3 aliphatic rings. The lowest BCUT2D eigenvalue weighted by Crippen LogP contribution is -2.37. The minimum atomic E-state index is -0.874. The Hall–Kier alpha value is -3.61. The van der Waals surface area contributed by atoms with Gasteiger partial charge in [-0.2, -0.15) is 0 Å². The minimum Gasteiger partial charge on any atom is -0.481 e. The zero-order chi connectivity index (χ0) is 24.4. The van der Waals surface area contributed by atoms with Gasteiger partial charge in [0.1, 0.15) is 6.61 Å². The van der Waals surface area contributed by atoms with Crippen molar-refractivity contribution in [3.05, 3.63) is 71.8 Å². The maximum atomic E-state index is 12.6. The standard InChI is InChI=1S/C28H30N2O5/c31-26(30-20-12-11-18(13-20)27(32)33)14-19(17-9-10-17)15-29-28(34)35-16-25-23-7-3-1-5-21(23)22-6-2-4-8-24(22)25/h1-8,11-12,17-20,25H,9-10,13-16H2,(H,29,34)(H,30,31)(H,32,33). The Labute approximate surface area is 204 Å². The molecule has 0 aliphatic heterocycles. The Morgan fingerprint density at radius 3 is 2.23 bits per heavy atom.